The van der Waals surface area contributed by atoms with Gasteiger partial charge in [-0.25, -0.2) is 0 Å². The van der Waals surface area contributed by atoms with Gasteiger partial charge in [0.1, 0.15) is 0 Å². The summed E-state index contributed by atoms with van der Waals surface area (Å²) < 4.78 is 0.943. The largest absolute Gasteiger partial charge is 0.480 e. The van der Waals surface area contributed by atoms with Gasteiger partial charge in [-0.2, -0.15) is 9.90 Å². The summed E-state index contributed by atoms with van der Waals surface area (Å²) in [6, 6.07) is 7.38. The lowest BCUT2D eigenvalue weighted by Gasteiger charge is -2.02. The fraction of sp³-hybridized carbons (Fsp3) is 0.167. The van der Waals surface area contributed by atoms with Gasteiger partial charge in [-0.15, -0.1) is 5.10 Å². The minimum atomic E-state index is -1.05. The first-order chi connectivity index (χ1) is 9.52. The number of nitrogens with one attached hydrogen (secondary N) is 1. The predicted octanol–water partition coefficient (Wildman–Crippen LogP) is 1.31. The minimum absolute atomic E-state index is 0.207. The highest BCUT2D eigenvalue weighted by Crippen LogP contribution is 2.11. The van der Waals surface area contributed by atoms with E-state index in [1.807, 2.05) is 24.3 Å². The Hall–Kier alpha value is -2.22. The van der Waals surface area contributed by atoms with Gasteiger partial charge in [0.05, 0.1) is 12.6 Å². The number of carboxylic acids is 1. The normalized spacial score (nSPS) is 10.2. The lowest BCUT2D eigenvalue weighted by atomic mass is 10.1. The van der Waals surface area contributed by atoms with Crippen molar-refractivity contribution in [2.45, 2.75) is 13.0 Å². The molecule has 0 unspecified atom stereocenters. The summed E-state index contributed by atoms with van der Waals surface area (Å²) in [4.78, 5) is 23.3. The Kier molecular flexibility index (Phi) is 4.46. The van der Waals surface area contributed by atoms with E-state index in [0.717, 1.165) is 14.8 Å². The fourth-order valence-corrected chi connectivity index (χ4v) is 1.79. The number of hydrogen-bond donors (Lipinski definition) is 2. The Balaban J connectivity index is 1.92. The van der Waals surface area contributed by atoms with Gasteiger partial charge in [0.15, 0.2) is 12.4 Å². The predicted molar refractivity (Wildman–Crippen MR) is 74.1 cm³/mol. The first-order valence-corrected chi connectivity index (χ1v) is 6.48. The van der Waals surface area contributed by atoms with Crippen molar-refractivity contribution >= 4 is 33.6 Å². The van der Waals surface area contributed by atoms with Crippen LogP contribution < -0.4 is 5.32 Å². The molecule has 2 aromatic rings. The minimum Gasteiger partial charge on any atom is -0.480 e. The molecule has 20 heavy (non-hydrogen) atoms. The molecule has 0 radical (unpaired) electrons. The molecule has 7 nitrogen and oxygen atoms in total. The number of carbonyl (C=O) groups excluding carboxylic acids is 1. The molecule has 0 aliphatic heterocycles. The third-order valence-corrected chi connectivity index (χ3v) is 2.89. The van der Waals surface area contributed by atoms with Crippen molar-refractivity contribution in [3.05, 3.63) is 40.5 Å². The second-order valence-corrected chi connectivity index (χ2v) is 4.92. The number of carboxylic acid groups (broad SMARTS) is 1. The summed E-state index contributed by atoms with van der Waals surface area (Å²) in [5.74, 6) is -1.06. The maximum atomic E-state index is 11.8. The molecule has 0 saturated heterocycles. The van der Waals surface area contributed by atoms with Gasteiger partial charge < -0.3 is 10.4 Å². The molecule has 0 fully saturated rings. The molecule has 0 spiro atoms. The van der Waals surface area contributed by atoms with Gasteiger partial charge in [0, 0.05) is 4.47 Å². The average Bonchev–Trinajstić information content (AvgIpc) is 2.78. The van der Waals surface area contributed by atoms with E-state index in [9.17, 15) is 9.59 Å². The Morgan fingerprint density at radius 3 is 2.65 bits per heavy atom. The van der Waals surface area contributed by atoms with Crippen LogP contribution in [0.15, 0.2) is 34.9 Å². The highest BCUT2D eigenvalue weighted by molar-refractivity contribution is 9.10. The van der Waals surface area contributed by atoms with Crippen LogP contribution in [0.5, 0.6) is 0 Å². The van der Waals surface area contributed by atoms with Crippen molar-refractivity contribution < 1.29 is 14.7 Å². The van der Waals surface area contributed by atoms with Crippen LogP contribution in [-0.2, 0) is 22.6 Å². The van der Waals surface area contributed by atoms with E-state index in [2.05, 4.69) is 31.4 Å². The topological polar surface area (TPSA) is 97.1 Å². The maximum absolute atomic E-state index is 11.8. The van der Waals surface area contributed by atoms with Crippen LogP contribution in [0.3, 0.4) is 0 Å². The number of benzene rings is 1. The molecule has 1 aromatic carbocycles. The van der Waals surface area contributed by atoms with Crippen LogP contribution in [0, 0.1) is 0 Å². The first-order valence-electron chi connectivity index (χ1n) is 5.69. The van der Waals surface area contributed by atoms with Crippen molar-refractivity contribution in [1.82, 2.24) is 15.0 Å². The molecule has 1 aromatic heterocycles. The Morgan fingerprint density at radius 1 is 1.30 bits per heavy atom. The summed E-state index contributed by atoms with van der Waals surface area (Å²) in [5.41, 5.74) is 0.864. The van der Waals surface area contributed by atoms with Gasteiger partial charge in [0.25, 0.3) is 0 Å². The van der Waals surface area contributed by atoms with Crippen LogP contribution in [0.25, 0.3) is 0 Å². The third-order valence-electron chi connectivity index (χ3n) is 2.36. The molecule has 8 heteroatoms. The lowest BCUT2D eigenvalue weighted by molar-refractivity contribution is -0.138. The van der Waals surface area contributed by atoms with E-state index in [1.165, 1.54) is 6.20 Å². The van der Waals surface area contributed by atoms with E-state index < -0.39 is 5.97 Å². The quantitative estimate of drug-likeness (QED) is 0.856. The van der Waals surface area contributed by atoms with Crippen molar-refractivity contribution in [2.24, 2.45) is 0 Å². The number of aliphatic carboxylic acids is 1. The smallest absolute Gasteiger partial charge is 0.327 e. The number of nitrogens with zero attached hydrogens (tertiary/aromatic N) is 3. The van der Waals surface area contributed by atoms with Crippen LogP contribution in [0.1, 0.15) is 5.56 Å². The zero-order valence-electron chi connectivity index (χ0n) is 10.3. The second-order valence-electron chi connectivity index (χ2n) is 4.01. The monoisotopic (exact) mass is 338 g/mol. The molecular formula is C12H11BrN4O3. The second kappa shape index (κ2) is 6.29. The molecule has 0 saturated carbocycles. The molecular weight excluding hydrogens is 328 g/mol. The number of aromatic nitrogens is 3. The summed E-state index contributed by atoms with van der Waals surface area (Å²) >= 11 is 3.32. The maximum Gasteiger partial charge on any atom is 0.327 e. The molecule has 1 amide bonds. The summed E-state index contributed by atoms with van der Waals surface area (Å²) in [5, 5.41) is 18.7. The molecule has 2 rings (SSSR count). The van der Waals surface area contributed by atoms with Gasteiger partial charge in [-0.3, -0.25) is 9.59 Å². The van der Waals surface area contributed by atoms with E-state index in [1.54, 1.807) is 0 Å². The third kappa shape index (κ3) is 4.16. The molecule has 104 valence electrons. The molecule has 0 aliphatic carbocycles. The van der Waals surface area contributed by atoms with E-state index in [-0.39, 0.29) is 24.7 Å². The zero-order valence-corrected chi connectivity index (χ0v) is 11.9. The van der Waals surface area contributed by atoms with Crippen molar-refractivity contribution in [3.8, 4) is 0 Å². The molecule has 2 N–H and O–H groups in total. The zero-order chi connectivity index (χ0) is 14.5. The highest BCUT2D eigenvalue weighted by Gasteiger charge is 2.08. The van der Waals surface area contributed by atoms with E-state index in [0.29, 0.717) is 0 Å². The van der Waals surface area contributed by atoms with Crippen LogP contribution in [-0.4, -0.2) is 32.0 Å². The van der Waals surface area contributed by atoms with Crippen molar-refractivity contribution in [3.63, 3.8) is 0 Å². The average molecular weight is 339 g/mol. The van der Waals surface area contributed by atoms with Gasteiger partial charge in [0.2, 0.25) is 5.91 Å². The summed E-state index contributed by atoms with van der Waals surface area (Å²) in [6.07, 6.45) is 1.52. The molecule has 0 bridgehead atoms. The first kappa shape index (κ1) is 14.2. The summed E-state index contributed by atoms with van der Waals surface area (Å²) in [7, 11) is 0. The van der Waals surface area contributed by atoms with E-state index in [4.69, 9.17) is 5.11 Å². The number of amides is 1. The standard InChI is InChI=1S/C12H11BrN4O3/c13-9-3-1-8(2-4-9)5-11(18)15-10-6-14-17(16-10)7-12(19)20/h1-4,6H,5,7H2,(H,19,20)(H,15,16,18). The van der Waals surface area contributed by atoms with Gasteiger partial charge in [-0.1, -0.05) is 28.1 Å². The number of carbonyl (C=O) groups is 2. The number of hydrogen-bond acceptors (Lipinski definition) is 4. The van der Waals surface area contributed by atoms with Gasteiger partial charge in [-0.05, 0) is 17.7 Å². The Morgan fingerprint density at radius 2 is 2.00 bits per heavy atom. The lowest BCUT2D eigenvalue weighted by Crippen LogP contribution is -2.16. The SMILES string of the molecule is O=C(O)Cn1ncc(NC(=O)Cc2ccc(Br)cc2)n1. The summed E-state index contributed by atoms with van der Waals surface area (Å²) in [6.45, 7) is -0.345. The number of rotatable bonds is 5. The Bertz CT molecular complexity index is 624. The molecule has 1 heterocycles. The van der Waals surface area contributed by atoms with Crippen LogP contribution in [0.2, 0.25) is 0 Å². The van der Waals surface area contributed by atoms with Crippen molar-refractivity contribution in [2.75, 3.05) is 5.32 Å². The molecule has 0 aliphatic rings. The fourth-order valence-electron chi connectivity index (χ4n) is 1.53. The van der Waals surface area contributed by atoms with Crippen LogP contribution >= 0.6 is 15.9 Å². The number of halogens is 1. The Labute approximate surface area is 122 Å². The molecule has 0 atom stereocenters. The van der Waals surface area contributed by atoms with Gasteiger partial charge >= 0.3 is 5.97 Å². The van der Waals surface area contributed by atoms with Crippen LogP contribution in [0.4, 0.5) is 5.82 Å². The number of anilines is 1. The van der Waals surface area contributed by atoms with Crippen molar-refractivity contribution in [1.29, 1.82) is 0 Å². The van der Waals surface area contributed by atoms with E-state index >= 15 is 0 Å². The highest BCUT2D eigenvalue weighted by atomic mass is 79.9.